The lowest BCUT2D eigenvalue weighted by molar-refractivity contribution is -0.0431. The Morgan fingerprint density at radius 2 is 2.11 bits per heavy atom. The van der Waals surface area contributed by atoms with E-state index in [9.17, 15) is 4.79 Å². The fourth-order valence-electron chi connectivity index (χ4n) is 2.68. The second-order valence-electron chi connectivity index (χ2n) is 5.12. The van der Waals surface area contributed by atoms with Crippen LogP contribution in [-0.2, 0) is 16.0 Å². The van der Waals surface area contributed by atoms with Gasteiger partial charge in [-0.1, -0.05) is 12.1 Å². The van der Waals surface area contributed by atoms with Crippen LogP contribution in [-0.4, -0.2) is 31.5 Å². The highest BCUT2D eigenvalue weighted by atomic mass is 16.6. The number of carbonyl (C=O) groups excluding carboxylic acids is 1. The second kappa shape index (κ2) is 4.83. The standard InChI is InChI=1S/C14H18N2O3/c15-9-11-2-1-3-12(8-11)16-10-14(19-13(16)17)4-6-18-7-5-14/h1-3,8H,4-7,9-10,15H2. The molecule has 0 radical (unpaired) electrons. The quantitative estimate of drug-likeness (QED) is 0.880. The van der Waals surface area contributed by atoms with Crippen molar-refractivity contribution < 1.29 is 14.3 Å². The Labute approximate surface area is 112 Å². The van der Waals surface area contributed by atoms with Crippen molar-refractivity contribution in [2.45, 2.75) is 25.0 Å². The minimum absolute atomic E-state index is 0.268. The number of nitrogens with two attached hydrogens (primary N) is 1. The van der Waals surface area contributed by atoms with Gasteiger partial charge in [0.05, 0.1) is 19.8 Å². The van der Waals surface area contributed by atoms with Crippen LogP contribution in [0.2, 0.25) is 0 Å². The molecule has 0 atom stereocenters. The van der Waals surface area contributed by atoms with E-state index in [1.807, 2.05) is 24.3 Å². The molecule has 1 amide bonds. The minimum Gasteiger partial charge on any atom is -0.440 e. The molecular formula is C14H18N2O3. The maximum absolute atomic E-state index is 12.1. The van der Waals surface area contributed by atoms with Gasteiger partial charge in [0.1, 0.15) is 5.60 Å². The van der Waals surface area contributed by atoms with Crippen LogP contribution >= 0.6 is 0 Å². The predicted molar refractivity (Wildman–Crippen MR) is 70.9 cm³/mol. The number of hydrogen-bond acceptors (Lipinski definition) is 4. The zero-order valence-corrected chi connectivity index (χ0v) is 10.8. The summed E-state index contributed by atoms with van der Waals surface area (Å²) >= 11 is 0. The summed E-state index contributed by atoms with van der Waals surface area (Å²) in [5.74, 6) is 0. The Morgan fingerprint density at radius 3 is 2.84 bits per heavy atom. The van der Waals surface area contributed by atoms with Gasteiger partial charge >= 0.3 is 6.09 Å². The van der Waals surface area contributed by atoms with Gasteiger partial charge in [0.25, 0.3) is 0 Å². The number of anilines is 1. The molecule has 0 aliphatic carbocycles. The molecule has 0 bridgehead atoms. The van der Waals surface area contributed by atoms with E-state index in [0.717, 1.165) is 24.1 Å². The summed E-state index contributed by atoms with van der Waals surface area (Å²) in [4.78, 5) is 13.8. The lowest BCUT2D eigenvalue weighted by atomic mass is 9.94. The third-order valence-corrected chi connectivity index (χ3v) is 3.83. The lowest BCUT2D eigenvalue weighted by Crippen LogP contribution is -2.40. The molecule has 0 aromatic heterocycles. The molecule has 2 aliphatic heterocycles. The van der Waals surface area contributed by atoms with Gasteiger partial charge in [-0.2, -0.15) is 0 Å². The highest BCUT2D eigenvalue weighted by molar-refractivity contribution is 5.90. The van der Waals surface area contributed by atoms with Crippen LogP contribution < -0.4 is 10.6 Å². The third-order valence-electron chi connectivity index (χ3n) is 3.83. The molecule has 1 aromatic carbocycles. The van der Waals surface area contributed by atoms with E-state index in [-0.39, 0.29) is 11.7 Å². The van der Waals surface area contributed by atoms with E-state index in [1.165, 1.54) is 0 Å². The number of amides is 1. The zero-order chi connectivity index (χ0) is 13.3. The molecule has 2 saturated heterocycles. The summed E-state index contributed by atoms with van der Waals surface area (Å²) in [5.41, 5.74) is 7.14. The van der Waals surface area contributed by atoms with Gasteiger partial charge in [0.15, 0.2) is 0 Å². The number of hydrogen-bond donors (Lipinski definition) is 1. The zero-order valence-electron chi connectivity index (χ0n) is 10.8. The summed E-state index contributed by atoms with van der Waals surface area (Å²) in [7, 11) is 0. The van der Waals surface area contributed by atoms with Crippen molar-refractivity contribution >= 4 is 11.8 Å². The molecule has 5 nitrogen and oxygen atoms in total. The molecule has 1 spiro atoms. The Kier molecular flexibility index (Phi) is 3.16. The smallest absolute Gasteiger partial charge is 0.415 e. The molecule has 5 heteroatoms. The lowest BCUT2D eigenvalue weighted by Gasteiger charge is -2.30. The fraction of sp³-hybridized carbons (Fsp3) is 0.500. The molecule has 1 aromatic rings. The predicted octanol–water partition coefficient (Wildman–Crippen LogP) is 1.65. The highest BCUT2D eigenvalue weighted by Gasteiger charge is 2.46. The van der Waals surface area contributed by atoms with Gasteiger partial charge in [-0.05, 0) is 17.7 Å². The molecule has 2 fully saturated rings. The van der Waals surface area contributed by atoms with Crippen LogP contribution in [0.3, 0.4) is 0 Å². The molecule has 0 unspecified atom stereocenters. The summed E-state index contributed by atoms with van der Waals surface area (Å²) in [6, 6.07) is 7.73. The first-order valence-electron chi connectivity index (χ1n) is 6.60. The Balaban J connectivity index is 1.83. The van der Waals surface area contributed by atoms with Crippen LogP contribution in [0.4, 0.5) is 10.5 Å². The Hall–Kier alpha value is -1.59. The molecule has 3 rings (SSSR count). The summed E-state index contributed by atoms with van der Waals surface area (Å²) < 4.78 is 10.9. The van der Waals surface area contributed by atoms with E-state index >= 15 is 0 Å². The average Bonchev–Trinajstić information content (AvgIpc) is 2.76. The molecule has 2 N–H and O–H groups in total. The van der Waals surface area contributed by atoms with Crippen molar-refractivity contribution in [1.82, 2.24) is 0 Å². The van der Waals surface area contributed by atoms with Gasteiger partial charge in [-0.25, -0.2) is 4.79 Å². The van der Waals surface area contributed by atoms with E-state index in [2.05, 4.69) is 0 Å². The first kappa shape index (κ1) is 12.4. The van der Waals surface area contributed by atoms with Crippen LogP contribution in [0.1, 0.15) is 18.4 Å². The topological polar surface area (TPSA) is 64.8 Å². The molecular weight excluding hydrogens is 244 g/mol. The fourth-order valence-corrected chi connectivity index (χ4v) is 2.68. The summed E-state index contributed by atoms with van der Waals surface area (Å²) in [5, 5.41) is 0. The van der Waals surface area contributed by atoms with Gasteiger partial charge in [-0.3, -0.25) is 4.90 Å². The van der Waals surface area contributed by atoms with Gasteiger partial charge < -0.3 is 15.2 Å². The highest BCUT2D eigenvalue weighted by Crippen LogP contribution is 2.35. The van der Waals surface area contributed by atoms with Crippen LogP contribution in [0.25, 0.3) is 0 Å². The van der Waals surface area contributed by atoms with Crippen molar-refractivity contribution in [2.75, 3.05) is 24.7 Å². The maximum Gasteiger partial charge on any atom is 0.415 e. The molecule has 0 saturated carbocycles. The van der Waals surface area contributed by atoms with Crippen LogP contribution in [0, 0.1) is 0 Å². The largest absolute Gasteiger partial charge is 0.440 e. The first-order valence-corrected chi connectivity index (χ1v) is 6.60. The number of benzene rings is 1. The van der Waals surface area contributed by atoms with Crippen molar-refractivity contribution in [2.24, 2.45) is 5.73 Å². The average molecular weight is 262 g/mol. The van der Waals surface area contributed by atoms with Crippen molar-refractivity contribution in [3.05, 3.63) is 29.8 Å². The number of carbonyl (C=O) groups is 1. The van der Waals surface area contributed by atoms with E-state index in [1.54, 1.807) is 4.90 Å². The van der Waals surface area contributed by atoms with Gasteiger partial charge in [-0.15, -0.1) is 0 Å². The Bertz CT molecular complexity index is 483. The van der Waals surface area contributed by atoms with Crippen molar-refractivity contribution in [3.8, 4) is 0 Å². The maximum atomic E-state index is 12.1. The SMILES string of the molecule is NCc1cccc(N2CC3(CCOCC3)OC2=O)c1. The number of nitrogens with zero attached hydrogens (tertiary/aromatic N) is 1. The minimum atomic E-state index is -0.367. The van der Waals surface area contributed by atoms with E-state index in [4.69, 9.17) is 15.2 Å². The summed E-state index contributed by atoms with van der Waals surface area (Å²) in [6.07, 6.45) is 1.27. The van der Waals surface area contributed by atoms with Crippen molar-refractivity contribution in [3.63, 3.8) is 0 Å². The summed E-state index contributed by atoms with van der Waals surface area (Å²) in [6.45, 7) is 2.38. The molecule has 2 aliphatic rings. The Morgan fingerprint density at radius 1 is 1.32 bits per heavy atom. The molecule has 2 heterocycles. The monoisotopic (exact) mass is 262 g/mol. The normalized spacial score (nSPS) is 21.7. The van der Waals surface area contributed by atoms with Crippen LogP contribution in [0.5, 0.6) is 0 Å². The van der Waals surface area contributed by atoms with Crippen molar-refractivity contribution in [1.29, 1.82) is 0 Å². The molecule has 19 heavy (non-hydrogen) atoms. The molecule has 102 valence electrons. The van der Waals surface area contributed by atoms with Gasteiger partial charge in [0, 0.05) is 25.1 Å². The van der Waals surface area contributed by atoms with E-state index in [0.29, 0.717) is 26.3 Å². The number of ether oxygens (including phenoxy) is 2. The second-order valence-corrected chi connectivity index (χ2v) is 5.12. The first-order chi connectivity index (χ1) is 9.22. The van der Waals surface area contributed by atoms with Crippen LogP contribution in [0.15, 0.2) is 24.3 Å². The van der Waals surface area contributed by atoms with Gasteiger partial charge in [0.2, 0.25) is 0 Å². The third kappa shape index (κ3) is 2.31. The number of rotatable bonds is 2. The van der Waals surface area contributed by atoms with E-state index < -0.39 is 0 Å².